The molecule has 7 nitrogen and oxygen atoms in total. The molecule has 30 heavy (non-hydrogen) atoms. The van der Waals surface area contributed by atoms with Crippen molar-refractivity contribution in [2.75, 3.05) is 13.1 Å². The summed E-state index contributed by atoms with van der Waals surface area (Å²) >= 11 is 0. The largest absolute Gasteiger partial charge is 0.467 e. The molecule has 154 valence electrons. The number of furan rings is 1. The number of para-hydroxylation sites is 1. The summed E-state index contributed by atoms with van der Waals surface area (Å²) in [4.78, 5) is 34.0. The molecule has 1 saturated heterocycles. The van der Waals surface area contributed by atoms with Crippen LogP contribution in [0.15, 0.2) is 56.7 Å². The highest BCUT2D eigenvalue weighted by molar-refractivity contribution is 5.91. The first-order valence-corrected chi connectivity index (χ1v) is 10.4. The topological polar surface area (TPSA) is 73.3 Å². The van der Waals surface area contributed by atoms with Gasteiger partial charge in [0.2, 0.25) is 5.43 Å². The highest BCUT2D eigenvalue weighted by Crippen LogP contribution is 2.17. The number of pyridine rings is 1. The zero-order chi connectivity index (χ0) is 20.7. The van der Waals surface area contributed by atoms with Crippen molar-refractivity contribution in [1.82, 2.24) is 19.0 Å². The zero-order valence-electron chi connectivity index (χ0n) is 17.0. The maximum absolute atomic E-state index is 13.6. The van der Waals surface area contributed by atoms with Crippen LogP contribution in [0.25, 0.3) is 21.9 Å². The number of hydrogen-bond donors (Lipinski definition) is 0. The van der Waals surface area contributed by atoms with Crippen molar-refractivity contribution in [3.8, 4) is 0 Å². The first kappa shape index (κ1) is 18.8. The van der Waals surface area contributed by atoms with Crippen LogP contribution in [0.2, 0.25) is 0 Å². The van der Waals surface area contributed by atoms with Crippen LogP contribution in [0, 0.1) is 0 Å². The van der Waals surface area contributed by atoms with Gasteiger partial charge in [-0.1, -0.05) is 18.6 Å². The van der Waals surface area contributed by atoms with Crippen LogP contribution in [-0.2, 0) is 20.1 Å². The molecule has 4 heterocycles. The molecule has 0 atom stereocenters. The van der Waals surface area contributed by atoms with Crippen LogP contribution in [0.4, 0.5) is 0 Å². The van der Waals surface area contributed by atoms with Gasteiger partial charge in [0.1, 0.15) is 17.0 Å². The number of likely N-dealkylation sites (tertiary alicyclic amines) is 1. The lowest BCUT2D eigenvalue weighted by atomic mass is 10.1. The van der Waals surface area contributed by atoms with Crippen molar-refractivity contribution in [2.45, 2.75) is 32.4 Å². The molecule has 0 spiro atoms. The van der Waals surface area contributed by atoms with E-state index in [-0.39, 0.29) is 22.9 Å². The third kappa shape index (κ3) is 3.15. The van der Waals surface area contributed by atoms with Gasteiger partial charge in [0, 0.05) is 12.4 Å². The molecular formula is C23H24N4O3. The Hall–Kier alpha value is -3.19. The number of piperidine rings is 1. The standard InChI is InChI=1S/C23H24N4O3/c1-25-18-10-4-3-9-17(18)21(28)20-22(25)24-19(15-26-11-5-2-6-12-26)27(23(20)29)14-16-8-7-13-30-16/h3-4,7-10,13H,2,5-6,11-12,14-15H2,1H3. The molecule has 4 aromatic rings. The molecule has 0 radical (unpaired) electrons. The molecule has 0 unspecified atom stereocenters. The molecule has 1 fully saturated rings. The number of hydrogen-bond acceptors (Lipinski definition) is 5. The number of fused-ring (bicyclic) bond motifs is 2. The van der Waals surface area contributed by atoms with Crippen LogP contribution in [0.1, 0.15) is 30.8 Å². The molecule has 0 saturated carbocycles. The van der Waals surface area contributed by atoms with Gasteiger partial charge in [0.05, 0.1) is 24.9 Å². The zero-order valence-corrected chi connectivity index (χ0v) is 17.0. The summed E-state index contributed by atoms with van der Waals surface area (Å²) < 4.78 is 8.94. The minimum absolute atomic E-state index is 0.130. The van der Waals surface area contributed by atoms with Gasteiger partial charge in [-0.3, -0.25) is 19.1 Å². The van der Waals surface area contributed by atoms with E-state index in [1.807, 2.05) is 35.9 Å². The lowest BCUT2D eigenvalue weighted by Crippen LogP contribution is -2.36. The molecule has 0 aliphatic carbocycles. The van der Waals surface area contributed by atoms with Crippen molar-refractivity contribution in [1.29, 1.82) is 0 Å². The Balaban J connectivity index is 1.77. The Labute approximate surface area is 173 Å². The number of rotatable bonds is 4. The average molecular weight is 404 g/mol. The van der Waals surface area contributed by atoms with Gasteiger partial charge in [0.25, 0.3) is 5.56 Å². The highest BCUT2D eigenvalue weighted by atomic mass is 16.3. The fraction of sp³-hybridized carbons (Fsp3) is 0.348. The SMILES string of the molecule is Cn1c2ccccc2c(=O)c2c(=O)n(Cc3ccco3)c(CN3CCCCC3)nc21. The van der Waals surface area contributed by atoms with Crippen LogP contribution >= 0.6 is 0 Å². The van der Waals surface area contributed by atoms with Crippen molar-refractivity contribution in [2.24, 2.45) is 7.05 Å². The second-order valence-electron chi connectivity index (χ2n) is 7.94. The second-order valence-corrected chi connectivity index (χ2v) is 7.94. The van der Waals surface area contributed by atoms with E-state index in [0.29, 0.717) is 29.2 Å². The monoisotopic (exact) mass is 404 g/mol. The molecule has 1 aromatic carbocycles. The molecule has 0 N–H and O–H groups in total. The average Bonchev–Trinajstić information content (AvgIpc) is 3.28. The van der Waals surface area contributed by atoms with Crippen LogP contribution in [-0.4, -0.2) is 32.1 Å². The fourth-order valence-corrected chi connectivity index (χ4v) is 4.39. The summed E-state index contributed by atoms with van der Waals surface area (Å²) in [6.07, 6.45) is 5.13. The Bertz CT molecular complexity index is 1330. The maximum atomic E-state index is 13.6. The molecule has 1 aliphatic rings. The fourth-order valence-electron chi connectivity index (χ4n) is 4.39. The van der Waals surface area contributed by atoms with E-state index in [1.165, 1.54) is 6.42 Å². The molecule has 7 heteroatoms. The summed E-state index contributed by atoms with van der Waals surface area (Å²) in [6.45, 7) is 2.82. The van der Waals surface area contributed by atoms with Gasteiger partial charge >= 0.3 is 0 Å². The maximum Gasteiger partial charge on any atom is 0.267 e. The third-order valence-corrected chi connectivity index (χ3v) is 5.99. The molecule has 1 aliphatic heterocycles. The molecule has 3 aromatic heterocycles. The van der Waals surface area contributed by atoms with Gasteiger partial charge in [-0.25, -0.2) is 4.98 Å². The van der Waals surface area contributed by atoms with E-state index in [9.17, 15) is 9.59 Å². The minimum Gasteiger partial charge on any atom is -0.467 e. The van der Waals surface area contributed by atoms with Crippen molar-refractivity contribution in [3.05, 3.63) is 74.8 Å². The van der Waals surface area contributed by atoms with Crippen molar-refractivity contribution >= 4 is 21.9 Å². The molecular weight excluding hydrogens is 380 g/mol. The molecule has 5 rings (SSSR count). The summed E-state index contributed by atoms with van der Waals surface area (Å²) in [6, 6.07) is 11.0. The van der Waals surface area contributed by atoms with E-state index >= 15 is 0 Å². The van der Waals surface area contributed by atoms with E-state index in [0.717, 1.165) is 31.4 Å². The summed E-state index contributed by atoms with van der Waals surface area (Å²) in [5.74, 6) is 1.33. The number of nitrogens with zero attached hydrogens (tertiary/aromatic N) is 4. The van der Waals surface area contributed by atoms with Crippen molar-refractivity contribution < 1.29 is 4.42 Å². The summed E-state index contributed by atoms with van der Waals surface area (Å²) in [5.41, 5.74) is 0.629. The first-order chi connectivity index (χ1) is 14.6. The summed E-state index contributed by atoms with van der Waals surface area (Å²) in [5, 5.41) is 0.657. The molecule has 0 amide bonds. The highest BCUT2D eigenvalue weighted by Gasteiger charge is 2.21. The predicted molar refractivity (Wildman–Crippen MR) is 116 cm³/mol. The van der Waals surface area contributed by atoms with E-state index in [4.69, 9.17) is 9.40 Å². The van der Waals surface area contributed by atoms with Crippen molar-refractivity contribution in [3.63, 3.8) is 0 Å². The first-order valence-electron chi connectivity index (χ1n) is 10.4. The van der Waals surface area contributed by atoms with Crippen LogP contribution in [0.3, 0.4) is 0 Å². The number of benzene rings is 1. The Morgan fingerprint density at radius 2 is 1.80 bits per heavy atom. The van der Waals surface area contributed by atoms with E-state index < -0.39 is 0 Å². The second kappa shape index (κ2) is 7.57. The van der Waals surface area contributed by atoms with E-state index in [1.54, 1.807) is 23.0 Å². The molecule has 0 bridgehead atoms. The Morgan fingerprint density at radius 1 is 1.00 bits per heavy atom. The number of aromatic nitrogens is 3. The van der Waals surface area contributed by atoms with Gasteiger partial charge in [-0.15, -0.1) is 0 Å². The van der Waals surface area contributed by atoms with Gasteiger partial charge in [-0.2, -0.15) is 0 Å². The lowest BCUT2D eigenvalue weighted by molar-refractivity contribution is 0.212. The van der Waals surface area contributed by atoms with E-state index in [2.05, 4.69) is 4.90 Å². The van der Waals surface area contributed by atoms with Crippen LogP contribution < -0.4 is 11.0 Å². The van der Waals surface area contributed by atoms with Gasteiger partial charge < -0.3 is 8.98 Å². The van der Waals surface area contributed by atoms with Crippen LogP contribution in [0.5, 0.6) is 0 Å². The normalized spacial score (nSPS) is 15.2. The third-order valence-electron chi connectivity index (χ3n) is 5.99. The Morgan fingerprint density at radius 3 is 2.57 bits per heavy atom. The predicted octanol–water partition coefficient (Wildman–Crippen LogP) is 2.88. The van der Waals surface area contributed by atoms with Gasteiger partial charge in [-0.05, 0) is 50.2 Å². The van der Waals surface area contributed by atoms with Gasteiger partial charge in [0.15, 0.2) is 5.65 Å². The lowest BCUT2D eigenvalue weighted by Gasteiger charge is -2.27. The minimum atomic E-state index is -0.310. The number of aryl methyl sites for hydroxylation is 1. The summed E-state index contributed by atoms with van der Waals surface area (Å²) in [7, 11) is 1.86. The Kier molecular flexibility index (Phi) is 4.75. The smallest absolute Gasteiger partial charge is 0.267 e. The quantitative estimate of drug-likeness (QED) is 0.489.